The average molecular weight is 260 g/mol. The van der Waals surface area contributed by atoms with E-state index in [0.717, 1.165) is 38.7 Å². The Labute approximate surface area is 116 Å². The van der Waals surface area contributed by atoms with Crippen molar-refractivity contribution in [3.63, 3.8) is 0 Å². The highest BCUT2D eigenvalue weighted by atomic mass is 15.3. The van der Waals surface area contributed by atoms with Gasteiger partial charge in [0.25, 0.3) is 0 Å². The topological polar surface area (TPSA) is 30.9 Å². The van der Waals surface area contributed by atoms with Crippen molar-refractivity contribution in [3.05, 3.63) is 35.4 Å². The van der Waals surface area contributed by atoms with E-state index >= 15 is 0 Å². The van der Waals surface area contributed by atoms with Crippen LogP contribution in [0.4, 0.5) is 0 Å². The quantitative estimate of drug-likeness (QED) is 0.871. The molecule has 4 heteroatoms. The van der Waals surface area contributed by atoms with Crippen LogP contribution < -0.4 is 5.32 Å². The summed E-state index contributed by atoms with van der Waals surface area (Å²) in [4.78, 5) is 8.91. The van der Waals surface area contributed by atoms with Gasteiger partial charge in [-0.3, -0.25) is 4.99 Å². The van der Waals surface area contributed by atoms with Crippen LogP contribution in [-0.2, 0) is 13.1 Å². The maximum absolute atomic E-state index is 4.44. The molecule has 0 saturated carbocycles. The van der Waals surface area contributed by atoms with Gasteiger partial charge in [-0.1, -0.05) is 31.2 Å². The number of nitrogens with zero attached hydrogens (tertiary/aromatic N) is 3. The highest BCUT2D eigenvalue weighted by Crippen LogP contribution is 2.08. The molecule has 0 unspecified atom stereocenters. The second kappa shape index (κ2) is 6.57. The van der Waals surface area contributed by atoms with E-state index in [1.807, 2.05) is 0 Å². The Bertz CT molecular complexity index is 442. The average Bonchev–Trinajstić information content (AvgIpc) is 2.82. The molecule has 104 valence electrons. The predicted molar refractivity (Wildman–Crippen MR) is 80.2 cm³/mol. The summed E-state index contributed by atoms with van der Waals surface area (Å²) in [5, 5.41) is 3.40. The number of nitrogens with one attached hydrogen (secondary N) is 1. The summed E-state index contributed by atoms with van der Waals surface area (Å²) >= 11 is 0. The highest BCUT2D eigenvalue weighted by Gasteiger charge is 2.11. The number of aliphatic imine (C=N–C) groups is 1. The molecule has 1 aromatic carbocycles. The fraction of sp³-hybridized carbons (Fsp3) is 0.533. The minimum atomic E-state index is 0.840. The van der Waals surface area contributed by atoms with Gasteiger partial charge in [0.15, 0.2) is 5.96 Å². The van der Waals surface area contributed by atoms with Crippen LogP contribution >= 0.6 is 0 Å². The molecule has 1 aliphatic rings. The standard InChI is InChI=1S/C15H24N4/c1-4-18(2)12-14-7-5-6-13(10-14)11-17-15-16-8-9-19(15)3/h5-7,10H,4,8-9,11-12H2,1-3H3,(H,16,17). The van der Waals surface area contributed by atoms with Crippen molar-refractivity contribution in [2.24, 2.45) is 4.99 Å². The fourth-order valence-corrected chi connectivity index (χ4v) is 2.17. The van der Waals surface area contributed by atoms with Crippen molar-refractivity contribution < 1.29 is 0 Å². The number of hydrogen-bond donors (Lipinski definition) is 1. The molecule has 0 spiro atoms. The summed E-state index contributed by atoms with van der Waals surface area (Å²) < 4.78 is 0. The molecule has 0 radical (unpaired) electrons. The number of likely N-dealkylation sites (N-methyl/N-ethyl adjacent to an activating group) is 1. The van der Waals surface area contributed by atoms with Crippen LogP contribution in [0, 0.1) is 0 Å². The largest absolute Gasteiger partial charge is 0.352 e. The van der Waals surface area contributed by atoms with Crippen LogP contribution in [0.1, 0.15) is 18.1 Å². The Balaban J connectivity index is 1.91. The summed E-state index contributed by atoms with van der Waals surface area (Å²) in [5.41, 5.74) is 2.68. The lowest BCUT2D eigenvalue weighted by Crippen LogP contribution is -2.35. The summed E-state index contributed by atoms with van der Waals surface area (Å²) in [6, 6.07) is 8.76. The minimum Gasteiger partial charge on any atom is -0.352 e. The summed E-state index contributed by atoms with van der Waals surface area (Å²) in [6.07, 6.45) is 0. The third-order valence-corrected chi connectivity index (χ3v) is 3.49. The predicted octanol–water partition coefficient (Wildman–Crippen LogP) is 1.53. The second-order valence-corrected chi connectivity index (χ2v) is 5.13. The molecular formula is C15H24N4. The summed E-state index contributed by atoms with van der Waals surface area (Å²) in [5.74, 6) is 1.01. The minimum absolute atomic E-state index is 0.840. The Morgan fingerprint density at radius 1 is 1.37 bits per heavy atom. The first-order valence-electron chi connectivity index (χ1n) is 6.95. The monoisotopic (exact) mass is 260 g/mol. The van der Waals surface area contributed by atoms with Crippen LogP contribution in [0.25, 0.3) is 0 Å². The van der Waals surface area contributed by atoms with Gasteiger partial charge >= 0.3 is 0 Å². The molecule has 0 bridgehead atoms. The molecule has 4 nitrogen and oxygen atoms in total. The lowest BCUT2D eigenvalue weighted by atomic mass is 10.1. The van der Waals surface area contributed by atoms with E-state index in [-0.39, 0.29) is 0 Å². The number of benzene rings is 1. The van der Waals surface area contributed by atoms with Crippen LogP contribution in [0.3, 0.4) is 0 Å². The van der Waals surface area contributed by atoms with Gasteiger partial charge in [-0.2, -0.15) is 0 Å². The Morgan fingerprint density at radius 2 is 2.16 bits per heavy atom. The van der Waals surface area contributed by atoms with E-state index in [1.165, 1.54) is 11.1 Å². The molecule has 0 aromatic heterocycles. The Morgan fingerprint density at radius 3 is 2.84 bits per heavy atom. The van der Waals surface area contributed by atoms with Gasteiger partial charge in [0.2, 0.25) is 0 Å². The van der Waals surface area contributed by atoms with Gasteiger partial charge in [0.05, 0.1) is 6.54 Å². The molecule has 1 heterocycles. The van der Waals surface area contributed by atoms with Gasteiger partial charge in [-0.25, -0.2) is 0 Å². The van der Waals surface area contributed by atoms with E-state index in [9.17, 15) is 0 Å². The molecule has 1 aliphatic heterocycles. The SMILES string of the molecule is CCN(C)Cc1cccc(CNC2=NCCN2C)c1. The van der Waals surface area contributed by atoms with Crippen LogP contribution in [-0.4, -0.2) is 49.5 Å². The van der Waals surface area contributed by atoms with E-state index in [0.29, 0.717) is 0 Å². The maximum Gasteiger partial charge on any atom is 0.194 e. The van der Waals surface area contributed by atoms with E-state index in [1.54, 1.807) is 0 Å². The van der Waals surface area contributed by atoms with Crippen LogP contribution in [0.5, 0.6) is 0 Å². The maximum atomic E-state index is 4.44. The lowest BCUT2D eigenvalue weighted by Gasteiger charge is -2.16. The van der Waals surface area contributed by atoms with Crippen molar-refractivity contribution in [1.82, 2.24) is 15.1 Å². The molecule has 2 rings (SSSR count). The van der Waals surface area contributed by atoms with Crippen molar-refractivity contribution in [1.29, 1.82) is 0 Å². The molecule has 0 atom stereocenters. The molecule has 1 aromatic rings. The normalized spacial score (nSPS) is 14.9. The van der Waals surface area contributed by atoms with Crippen LogP contribution in [0.15, 0.2) is 29.3 Å². The molecule has 19 heavy (non-hydrogen) atoms. The Hall–Kier alpha value is -1.55. The van der Waals surface area contributed by atoms with Gasteiger partial charge in [-0.15, -0.1) is 0 Å². The van der Waals surface area contributed by atoms with E-state index in [2.05, 4.69) is 65.4 Å². The van der Waals surface area contributed by atoms with Crippen molar-refractivity contribution in [2.75, 3.05) is 33.7 Å². The van der Waals surface area contributed by atoms with Crippen LogP contribution in [0.2, 0.25) is 0 Å². The number of hydrogen-bond acceptors (Lipinski definition) is 4. The zero-order chi connectivity index (χ0) is 13.7. The zero-order valence-corrected chi connectivity index (χ0v) is 12.2. The number of rotatable bonds is 5. The third kappa shape index (κ3) is 3.96. The summed E-state index contributed by atoms with van der Waals surface area (Å²) in [6.45, 7) is 7.02. The van der Waals surface area contributed by atoms with E-state index < -0.39 is 0 Å². The first-order chi connectivity index (χ1) is 9.19. The van der Waals surface area contributed by atoms with Gasteiger partial charge in [-0.05, 0) is 24.7 Å². The molecule has 0 saturated heterocycles. The summed E-state index contributed by atoms with van der Waals surface area (Å²) in [7, 11) is 4.22. The van der Waals surface area contributed by atoms with Crippen molar-refractivity contribution >= 4 is 5.96 Å². The fourth-order valence-electron chi connectivity index (χ4n) is 2.17. The van der Waals surface area contributed by atoms with Crippen molar-refractivity contribution in [2.45, 2.75) is 20.0 Å². The third-order valence-electron chi connectivity index (χ3n) is 3.49. The molecule has 0 fully saturated rings. The van der Waals surface area contributed by atoms with Gasteiger partial charge in [0, 0.05) is 26.7 Å². The first kappa shape index (κ1) is 13.9. The van der Waals surface area contributed by atoms with Crippen molar-refractivity contribution in [3.8, 4) is 0 Å². The van der Waals surface area contributed by atoms with Gasteiger partial charge in [0.1, 0.15) is 0 Å². The zero-order valence-electron chi connectivity index (χ0n) is 12.2. The smallest absolute Gasteiger partial charge is 0.194 e. The lowest BCUT2D eigenvalue weighted by molar-refractivity contribution is 0.345. The molecule has 1 N–H and O–H groups in total. The first-order valence-corrected chi connectivity index (χ1v) is 6.95. The highest BCUT2D eigenvalue weighted by molar-refractivity contribution is 5.81. The molecule has 0 aliphatic carbocycles. The second-order valence-electron chi connectivity index (χ2n) is 5.13. The van der Waals surface area contributed by atoms with Gasteiger partial charge < -0.3 is 15.1 Å². The van der Waals surface area contributed by atoms with E-state index in [4.69, 9.17) is 0 Å². The number of guanidine groups is 1. The molecular weight excluding hydrogens is 236 g/mol. The Kier molecular flexibility index (Phi) is 4.80. The molecule has 0 amide bonds.